The molecule has 26 heavy (non-hydrogen) atoms. The highest BCUT2D eigenvalue weighted by molar-refractivity contribution is 8.18. The van der Waals surface area contributed by atoms with Crippen LogP contribution in [0.2, 0.25) is 0 Å². The highest BCUT2D eigenvalue weighted by Gasteiger charge is 2.49. The van der Waals surface area contributed by atoms with Crippen molar-refractivity contribution < 1.29 is 24.0 Å². The molecule has 2 N–H and O–H groups in total. The van der Waals surface area contributed by atoms with Crippen LogP contribution in [-0.4, -0.2) is 75.4 Å². The van der Waals surface area contributed by atoms with Crippen molar-refractivity contribution in [3.05, 3.63) is 0 Å². The highest BCUT2D eigenvalue weighted by atomic mass is 32.2. The molecule has 10 heteroatoms. The number of hydrogen-bond acceptors (Lipinski definition) is 7. The molecule has 2 aliphatic rings. The van der Waals surface area contributed by atoms with Gasteiger partial charge in [-0.05, 0) is 24.9 Å². The summed E-state index contributed by atoms with van der Waals surface area (Å²) in [6.45, 7) is 3.08. The summed E-state index contributed by atoms with van der Waals surface area (Å²) in [7, 11) is 0. The molecule has 0 aromatic carbocycles. The molecule has 2 fully saturated rings. The highest BCUT2D eigenvalue weighted by Crippen LogP contribution is 2.50. The van der Waals surface area contributed by atoms with Crippen LogP contribution in [0.1, 0.15) is 26.7 Å². The second-order valence-corrected chi connectivity index (χ2v) is 9.51. The molecule has 8 nitrogen and oxygen atoms in total. The van der Waals surface area contributed by atoms with Crippen molar-refractivity contribution in [1.29, 1.82) is 0 Å². The van der Waals surface area contributed by atoms with Crippen LogP contribution in [0, 0.1) is 0 Å². The molecule has 0 aliphatic carbocycles. The zero-order chi connectivity index (χ0) is 19.3. The van der Waals surface area contributed by atoms with Crippen molar-refractivity contribution in [2.45, 2.75) is 42.9 Å². The molecule has 2 atom stereocenters. The third-order valence-corrected chi connectivity index (χ3v) is 7.68. The summed E-state index contributed by atoms with van der Waals surface area (Å²) in [4.78, 5) is 60.1. The Bertz CT molecular complexity index is 607. The molecule has 0 saturated carbocycles. The van der Waals surface area contributed by atoms with Crippen LogP contribution in [0.15, 0.2) is 0 Å². The lowest BCUT2D eigenvalue weighted by Gasteiger charge is -2.31. The summed E-state index contributed by atoms with van der Waals surface area (Å²) in [5, 5.41) is 4.69. The minimum absolute atomic E-state index is 0.180. The summed E-state index contributed by atoms with van der Waals surface area (Å²) in [5.41, 5.74) is 0. The Labute approximate surface area is 160 Å². The van der Waals surface area contributed by atoms with Gasteiger partial charge >= 0.3 is 0 Å². The number of ketones is 1. The SMILES string of the molecule is CC(=O)N1CC2(CC1C(=O)NC(C)C(=O)C(=O)NCC=O)SCCCS2. The van der Waals surface area contributed by atoms with Gasteiger partial charge in [0.05, 0.1) is 16.7 Å². The Balaban J connectivity index is 2.02. The topological polar surface area (TPSA) is 113 Å². The molecule has 2 aliphatic heterocycles. The van der Waals surface area contributed by atoms with Crippen molar-refractivity contribution in [1.82, 2.24) is 15.5 Å². The maximum Gasteiger partial charge on any atom is 0.289 e. The van der Waals surface area contributed by atoms with Crippen LogP contribution < -0.4 is 10.6 Å². The van der Waals surface area contributed by atoms with Crippen molar-refractivity contribution in [3.63, 3.8) is 0 Å². The van der Waals surface area contributed by atoms with E-state index in [1.807, 2.05) is 0 Å². The first kappa shape index (κ1) is 20.8. The predicted octanol–water partition coefficient (Wildman–Crippen LogP) is -0.437. The average molecular weight is 402 g/mol. The van der Waals surface area contributed by atoms with Gasteiger partial charge in [0.1, 0.15) is 12.3 Å². The van der Waals surface area contributed by atoms with Crippen molar-refractivity contribution in [2.24, 2.45) is 0 Å². The molecule has 2 rings (SSSR count). The number of Topliss-reactive ketones (excluding diaryl/α,β-unsaturated/α-hetero) is 1. The number of rotatable bonds is 6. The zero-order valence-corrected chi connectivity index (χ0v) is 16.4. The lowest BCUT2D eigenvalue weighted by Crippen LogP contribution is -2.52. The molecule has 144 valence electrons. The number of amides is 3. The van der Waals surface area contributed by atoms with Crippen molar-refractivity contribution >= 4 is 53.3 Å². The van der Waals surface area contributed by atoms with Gasteiger partial charge in [-0.3, -0.25) is 19.2 Å². The van der Waals surface area contributed by atoms with E-state index in [2.05, 4.69) is 10.6 Å². The summed E-state index contributed by atoms with van der Waals surface area (Å²) >= 11 is 3.56. The second-order valence-electron chi connectivity index (χ2n) is 6.30. The Morgan fingerprint density at radius 1 is 1.27 bits per heavy atom. The van der Waals surface area contributed by atoms with Crippen LogP contribution >= 0.6 is 23.5 Å². The number of hydrogen-bond donors (Lipinski definition) is 2. The minimum atomic E-state index is -1.04. The van der Waals surface area contributed by atoms with E-state index in [1.54, 1.807) is 28.4 Å². The van der Waals surface area contributed by atoms with E-state index in [4.69, 9.17) is 0 Å². The normalized spacial score (nSPS) is 22.5. The molecule has 0 bridgehead atoms. The molecule has 2 unspecified atom stereocenters. The third-order valence-electron chi connectivity index (χ3n) is 4.34. The van der Waals surface area contributed by atoms with Crippen LogP contribution in [-0.2, 0) is 24.0 Å². The number of nitrogens with zero attached hydrogens (tertiary/aromatic N) is 1. The summed E-state index contributed by atoms with van der Waals surface area (Å²) < 4.78 is -0.180. The molecule has 3 amide bonds. The van der Waals surface area contributed by atoms with E-state index in [0.717, 1.165) is 17.9 Å². The lowest BCUT2D eigenvalue weighted by molar-refractivity contribution is -0.141. The first-order valence-corrected chi connectivity index (χ1v) is 10.4. The predicted molar refractivity (Wildman–Crippen MR) is 99.7 cm³/mol. The van der Waals surface area contributed by atoms with Crippen molar-refractivity contribution in [3.8, 4) is 0 Å². The van der Waals surface area contributed by atoms with E-state index in [-0.39, 0.29) is 16.5 Å². The fourth-order valence-electron chi connectivity index (χ4n) is 3.02. The van der Waals surface area contributed by atoms with Gasteiger partial charge in [-0.15, -0.1) is 23.5 Å². The van der Waals surface area contributed by atoms with Gasteiger partial charge in [-0.1, -0.05) is 0 Å². The number of carbonyl (C=O) groups excluding carboxylic acids is 5. The number of aldehydes is 1. The van der Waals surface area contributed by atoms with Gasteiger partial charge < -0.3 is 20.3 Å². The van der Waals surface area contributed by atoms with E-state index >= 15 is 0 Å². The van der Waals surface area contributed by atoms with Crippen LogP contribution in [0.4, 0.5) is 0 Å². The number of nitrogens with one attached hydrogen (secondary N) is 2. The van der Waals surface area contributed by atoms with E-state index < -0.39 is 29.7 Å². The Hall–Kier alpha value is -1.55. The first-order chi connectivity index (χ1) is 12.3. The first-order valence-electron chi connectivity index (χ1n) is 8.41. The summed E-state index contributed by atoms with van der Waals surface area (Å²) in [6.07, 6.45) is 2.10. The molecular weight excluding hydrogens is 378 g/mol. The molecule has 0 aromatic rings. The van der Waals surface area contributed by atoms with Crippen LogP contribution in [0.5, 0.6) is 0 Å². The lowest BCUT2D eigenvalue weighted by atomic mass is 10.1. The summed E-state index contributed by atoms with van der Waals surface area (Å²) in [6, 6.07) is -1.69. The molecule has 2 heterocycles. The third kappa shape index (κ3) is 4.79. The molecular formula is C16H23N3O5S2. The fourth-order valence-corrected chi connectivity index (χ4v) is 6.37. The number of thioether (sulfide) groups is 2. The monoisotopic (exact) mass is 401 g/mol. The molecule has 2 saturated heterocycles. The molecule has 0 radical (unpaired) electrons. The Kier molecular flexibility index (Phi) is 7.10. The number of likely N-dealkylation sites (tertiary alicyclic amines) is 1. The van der Waals surface area contributed by atoms with Crippen LogP contribution in [0.3, 0.4) is 0 Å². The summed E-state index contributed by atoms with van der Waals surface area (Å²) in [5.74, 6) is -0.375. The smallest absolute Gasteiger partial charge is 0.289 e. The van der Waals surface area contributed by atoms with Gasteiger partial charge in [0.25, 0.3) is 5.91 Å². The zero-order valence-electron chi connectivity index (χ0n) is 14.8. The quantitative estimate of drug-likeness (QED) is 0.458. The standard InChI is InChI=1S/C16H23N3O5S2/c1-10(13(22)15(24)17-4-5-20)18-14(23)12-8-16(9-19(12)11(2)21)25-6-3-7-26-16/h5,10,12H,3-4,6-9H2,1-2H3,(H,17,24)(H,18,23). The molecule has 1 spiro atoms. The Morgan fingerprint density at radius 2 is 1.92 bits per heavy atom. The van der Waals surface area contributed by atoms with Gasteiger partial charge in [-0.2, -0.15) is 0 Å². The van der Waals surface area contributed by atoms with E-state index in [9.17, 15) is 24.0 Å². The fraction of sp³-hybridized carbons (Fsp3) is 0.688. The van der Waals surface area contributed by atoms with Gasteiger partial charge in [0, 0.05) is 19.9 Å². The van der Waals surface area contributed by atoms with Gasteiger partial charge in [-0.25, -0.2) is 0 Å². The Morgan fingerprint density at radius 3 is 2.50 bits per heavy atom. The molecule has 0 aromatic heterocycles. The maximum atomic E-state index is 12.7. The van der Waals surface area contributed by atoms with Crippen LogP contribution in [0.25, 0.3) is 0 Å². The van der Waals surface area contributed by atoms with E-state index in [0.29, 0.717) is 19.3 Å². The maximum absolute atomic E-state index is 12.7. The second kappa shape index (κ2) is 8.90. The average Bonchev–Trinajstić information content (AvgIpc) is 2.98. The van der Waals surface area contributed by atoms with E-state index in [1.165, 1.54) is 13.8 Å². The minimum Gasteiger partial charge on any atom is -0.344 e. The van der Waals surface area contributed by atoms with Gasteiger partial charge in [0.2, 0.25) is 17.6 Å². The largest absolute Gasteiger partial charge is 0.344 e. The van der Waals surface area contributed by atoms with Gasteiger partial charge in [0.15, 0.2) is 0 Å². The number of carbonyl (C=O) groups is 5. The van der Waals surface area contributed by atoms with Crippen molar-refractivity contribution in [2.75, 3.05) is 24.6 Å².